The Bertz CT molecular complexity index is 340. The molecule has 2 N–H and O–H groups in total. The molecule has 0 saturated heterocycles. The molecule has 0 saturated carbocycles. The molecule has 2 rings (SSSR count). The summed E-state index contributed by atoms with van der Waals surface area (Å²) >= 11 is 1.58. The van der Waals surface area contributed by atoms with E-state index >= 15 is 0 Å². The molecule has 0 spiro atoms. The molecule has 1 aliphatic rings. The molecule has 0 aromatic carbocycles. The molecular formula is C9H12N2O2S. The number of aliphatic carboxylic acids is 1. The number of rotatable bonds is 3. The second kappa shape index (κ2) is 3.57. The van der Waals surface area contributed by atoms with Gasteiger partial charge >= 0.3 is 5.97 Å². The van der Waals surface area contributed by atoms with Crippen molar-refractivity contribution in [3.63, 3.8) is 0 Å². The van der Waals surface area contributed by atoms with Crippen LogP contribution in [0.15, 0.2) is 0 Å². The van der Waals surface area contributed by atoms with Crippen molar-refractivity contribution in [2.45, 2.75) is 32.2 Å². The van der Waals surface area contributed by atoms with E-state index in [1.165, 1.54) is 11.3 Å². The first-order valence-corrected chi connectivity index (χ1v) is 5.46. The van der Waals surface area contributed by atoms with Gasteiger partial charge in [-0.05, 0) is 26.2 Å². The fraction of sp³-hybridized carbons (Fsp3) is 0.556. The van der Waals surface area contributed by atoms with Gasteiger partial charge in [-0.1, -0.05) is 0 Å². The van der Waals surface area contributed by atoms with Crippen molar-refractivity contribution in [2.24, 2.45) is 0 Å². The fourth-order valence-electron chi connectivity index (χ4n) is 1.50. The fourth-order valence-corrected chi connectivity index (χ4v) is 2.64. The van der Waals surface area contributed by atoms with Crippen LogP contribution >= 0.6 is 11.3 Å². The van der Waals surface area contributed by atoms with Gasteiger partial charge in [-0.15, -0.1) is 11.3 Å². The highest BCUT2D eigenvalue weighted by Crippen LogP contribution is 2.30. The molecule has 0 amide bonds. The Balaban J connectivity index is 2.07. The maximum absolute atomic E-state index is 10.6. The van der Waals surface area contributed by atoms with Crippen molar-refractivity contribution >= 4 is 22.4 Å². The van der Waals surface area contributed by atoms with Crippen LogP contribution in [0.1, 0.15) is 23.9 Å². The van der Waals surface area contributed by atoms with Crippen LogP contribution in [-0.4, -0.2) is 22.1 Å². The van der Waals surface area contributed by atoms with Crippen molar-refractivity contribution in [1.29, 1.82) is 0 Å². The smallest absolute Gasteiger partial charge is 0.325 e. The molecule has 1 unspecified atom stereocenters. The molecule has 0 aliphatic heterocycles. The Morgan fingerprint density at radius 2 is 2.43 bits per heavy atom. The van der Waals surface area contributed by atoms with E-state index in [-0.39, 0.29) is 0 Å². The lowest BCUT2D eigenvalue weighted by molar-refractivity contribution is -0.137. The van der Waals surface area contributed by atoms with Crippen molar-refractivity contribution < 1.29 is 9.90 Å². The predicted octanol–water partition coefficient (Wildman–Crippen LogP) is 1.52. The Labute approximate surface area is 86.0 Å². The zero-order valence-electron chi connectivity index (χ0n) is 7.91. The highest BCUT2D eigenvalue weighted by atomic mass is 32.1. The molecule has 4 nitrogen and oxygen atoms in total. The average Bonchev–Trinajstić information content (AvgIpc) is 2.63. The monoisotopic (exact) mass is 212 g/mol. The van der Waals surface area contributed by atoms with E-state index in [1.807, 2.05) is 0 Å². The van der Waals surface area contributed by atoms with Crippen LogP contribution in [0.25, 0.3) is 0 Å². The van der Waals surface area contributed by atoms with Gasteiger partial charge in [0.2, 0.25) is 0 Å². The minimum absolute atomic E-state index is 0.568. The highest BCUT2D eigenvalue weighted by Gasteiger charge is 2.18. The second-order valence-corrected chi connectivity index (χ2v) is 4.53. The van der Waals surface area contributed by atoms with Crippen molar-refractivity contribution in [1.82, 2.24) is 4.98 Å². The van der Waals surface area contributed by atoms with Crippen LogP contribution in [0.4, 0.5) is 5.13 Å². The summed E-state index contributed by atoms with van der Waals surface area (Å²) in [6, 6.07) is -0.568. The Morgan fingerprint density at radius 1 is 1.64 bits per heavy atom. The molecule has 0 fully saturated rings. The molecule has 0 bridgehead atoms. The number of fused-ring (bicyclic) bond motifs is 1. The van der Waals surface area contributed by atoms with Gasteiger partial charge in [0, 0.05) is 4.88 Å². The molecule has 14 heavy (non-hydrogen) atoms. The number of hydrogen-bond acceptors (Lipinski definition) is 4. The summed E-state index contributed by atoms with van der Waals surface area (Å²) in [4.78, 5) is 16.3. The molecule has 1 heterocycles. The first kappa shape index (κ1) is 9.45. The van der Waals surface area contributed by atoms with Gasteiger partial charge in [0.05, 0.1) is 5.69 Å². The maximum atomic E-state index is 10.6. The third-order valence-electron chi connectivity index (χ3n) is 2.31. The van der Waals surface area contributed by atoms with Gasteiger partial charge in [-0.3, -0.25) is 4.79 Å². The molecular weight excluding hydrogens is 200 g/mol. The summed E-state index contributed by atoms with van der Waals surface area (Å²) in [5.41, 5.74) is 1.15. The molecule has 1 aromatic rings. The lowest BCUT2D eigenvalue weighted by atomic mass is 10.3. The van der Waals surface area contributed by atoms with E-state index in [9.17, 15) is 4.79 Å². The molecule has 76 valence electrons. The predicted molar refractivity (Wildman–Crippen MR) is 54.9 cm³/mol. The van der Waals surface area contributed by atoms with E-state index < -0.39 is 12.0 Å². The normalized spacial score (nSPS) is 16.4. The summed E-state index contributed by atoms with van der Waals surface area (Å²) < 4.78 is 0. The molecule has 5 heteroatoms. The van der Waals surface area contributed by atoms with Crippen LogP contribution in [0.3, 0.4) is 0 Å². The number of nitrogens with zero attached hydrogens (tertiary/aromatic N) is 1. The number of carboxylic acids is 1. The third-order valence-corrected chi connectivity index (χ3v) is 3.39. The van der Waals surface area contributed by atoms with Crippen molar-refractivity contribution in [3.05, 3.63) is 10.6 Å². The van der Waals surface area contributed by atoms with Crippen molar-refractivity contribution in [3.8, 4) is 0 Å². The number of hydrogen-bond donors (Lipinski definition) is 2. The lowest BCUT2D eigenvalue weighted by Crippen LogP contribution is -2.25. The quantitative estimate of drug-likeness (QED) is 0.797. The maximum Gasteiger partial charge on any atom is 0.325 e. The minimum Gasteiger partial charge on any atom is -0.480 e. The summed E-state index contributed by atoms with van der Waals surface area (Å²) in [6.45, 7) is 1.62. The third kappa shape index (κ3) is 1.72. The summed E-state index contributed by atoms with van der Waals surface area (Å²) in [7, 11) is 0. The van der Waals surface area contributed by atoms with Gasteiger partial charge in [-0.2, -0.15) is 0 Å². The van der Waals surface area contributed by atoms with Crippen LogP contribution in [0.5, 0.6) is 0 Å². The van der Waals surface area contributed by atoms with E-state index in [4.69, 9.17) is 5.11 Å². The second-order valence-electron chi connectivity index (χ2n) is 3.45. The molecule has 1 aliphatic carbocycles. The largest absolute Gasteiger partial charge is 0.480 e. The zero-order valence-corrected chi connectivity index (χ0v) is 8.73. The van der Waals surface area contributed by atoms with Crippen LogP contribution < -0.4 is 5.32 Å². The number of thiazole rings is 1. The highest BCUT2D eigenvalue weighted by molar-refractivity contribution is 7.15. The standard InChI is InChI=1S/C9H12N2O2S/c1-5(8(12)13)10-9-11-6-3-2-4-7(6)14-9/h5H,2-4H2,1H3,(H,10,11)(H,12,13). The number of anilines is 1. The summed E-state index contributed by atoms with van der Waals surface area (Å²) in [6.07, 6.45) is 3.31. The van der Waals surface area contributed by atoms with Crippen LogP contribution in [-0.2, 0) is 17.6 Å². The van der Waals surface area contributed by atoms with Gasteiger partial charge in [-0.25, -0.2) is 4.98 Å². The minimum atomic E-state index is -0.847. The van der Waals surface area contributed by atoms with Gasteiger partial charge in [0.15, 0.2) is 5.13 Å². The van der Waals surface area contributed by atoms with Crippen LogP contribution in [0, 0.1) is 0 Å². The van der Waals surface area contributed by atoms with E-state index in [0.717, 1.165) is 23.7 Å². The van der Waals surface area contributed by atoms with Crippen LogP contribution in [0.2, 0.25) is 0 Å². The van der Waals surface area contributed by atoms with E-state index in [1.54, 1.807) is 18.3 Å². The topological polar surface area (TPSA) is 62.2 Å². The summed E-state index contributed by atoms with van der Waals surface area (Å²) in [5.74, 6) is -0.847. The number of carbonyl (C=O) groups is 1. The number of nitrogens with one attached hydrogen (secondary N) is 1. The SMILES string of the molecule is CC(Nc1nc2c(s1)CCC2)C(=O)O. The number of aryl methyl sites for hydroxylation is 2. The average molecular weight is 212 g/mol. The first-order valence-electron chi connectivity index (χ1n) is 4.65. The van der Waals surface area contributed by atoms with E-state index in [0.29, 0.717) is 0 Å². The Morgan fingerprint density at radius 3 is 3.07 bits per heavy atom. The molecule has 1 aromatic heterocycles. The first-order chi connectivity index (χ1) is 6.66. The summed E-state index contributed by atoms with van der Waals surface area (Å²) in [5, 5.41) is 12.3. The van der Waals surface area contributed by atoms with Gasteiger partial charge in [0.25, 0.3) is 0 Å². The number of carboxylic acid groups (broad SMARTS) is 1. The lowest BCUT2D eigenvalue weighted by Gasteiger charge is -2.06. The van der Waals surface area contributed by atoms with E-state index in [2.05, 4.69) is 10.3 Å². The zero-order chi connectivity index (χ0) is 10.1. The Hall–Kier alpha value is -1.10. The number of aromatic nitrogens is 1. The van der Waals surface area contributed by atoms with Gasteiger partial charge in [0.1, 0.15) is 6.04 Å². The molecule has 0 radical (unpaired) electrons. The molecule has 1 atom stereocenters. The van der Waals surface area contributed by atoms with Crippen molar-refractivity contribution in [2.75, 3.05) is 5.32 Å². The van der Waals surface area contributed by atoms with Gasteiger partial charge < -0.3 is 10.4 Å². The Kier molecular flexibility index (Phi) is 2.41.